The summed E-state index contributed by atoms with van der Waals surface area (Å²) in [7, 11) is 0. The molecule has 0 aliphatic carbocycles. The van der Waals surface area contributed by atoms with Crippen LogP contribution in [0.25, 0.3) is 0 Å². The van der Waals surface area contributed by atoms with E-state index in [9.17, 15) is 9.59 Å². The standard InChI is InChI=1S/C18H21N3O2S/c1-4-6-15-12(3)19-18(21-17(15)23)24-11-16(22)20-14-9-7-13(5-2)8-10-14/h4,7-10,15H,1,5-6,11H2,2-3H3,(H,20,22). The zero-order valence-electron chi connectivity index (χ0n) is 13.9. The lowest BCUT2D eigenvalue weighted by Crippen LogP contribution is -2.26. The maximum absolute atomic E-state index is 12.0. The third-order valence-corrected chi connectivity index (χ3v) is 4.51. The topological polar surface area (TPSA) is 70.9 Å². The van der Waals surface area contributed by atoms with E-state index in [2.05, 4.69) is 28.8 Å². The number of carbonyl (C=O) groups is 2. The quantitative estimate of drug-likeness (QED) is 0.804. The van der Waals surface area contributed by atoms with E-state index in [0.29, 0.717) is 17.3 Å². The van der Waals surface area contributed by atoms with E-state index >= 15 is 0 Å². The number of rotatable bonds is 6. The Labute approximate surface area is 146 Å². The second kappa shape index (κ2) is 8.59. The number of carbonyl (C=O) groups excluding carboxylic acids is 2. The highest BCUT2D eigenvalue weighted by molar-refractivity contribution is 8.14. The molecule has 5 nitrogen and oxygen atoms in total. The fourth-order valence-electron chi connectivity index (χ4n) is 2.26. The fraction of sp³-hybridized carbons (Fsp3) is 0.333. The van der Waals surface area contributed by atoms with Crippen LogP contribution in [-0.4, -0.2) is 28.4 Å². The number of allylic oxidation sites excluding steroid dienone is 1. The number of aryl methyl sites for hydroxylation is 1. The predicted molar refractivity (Wildman–Crippen MR) is 101 cm³/mol. The van der Waals surface area contributed by atoms with Gasteiger partial charge >= 0.3 is 0 Å². The summed E-state index contributed by atoms with van der Waals surface area (Å²) in [6.07, 6.45) is 3.18. The van der Waals surface area contributed by atoms with Gasteiger partial charge in [-0.05, 0) is 37.5 Å². The first-order valence-corrected chi connectivity index (χ1v) is 8.82. The summed E-state index contributed by atoms with van der Waals surface area (Å²) in [5.74, 6) is -0.538. The van der Waals surface area contributed by atoms with Crippen molar-refractivity contribution < 1.29 is 9.59 Å². The minimum absolute atomic E-state index is 0.152. The second-order valence-corrected chi connectivity index (χ2v) is 6.39. The molecule has 2 amide bonds. The van der Waals surface area contributed by atoms with Crippen LogP contribution in [0.3, 0.4) is 0 Å². The average Bonchev–Trinajstić information content (AvgIpc) is 2.57. The number of nitrogens with zero attached hydrogens (tertiary/aromatic N) is 2. The van der Waals surface area contributed by atoms with Crippen molar-refractivity contribution in [3.05, 3.63) is 42.5 Å². The molecule has 24 heavy (non-hydrogen) atoms. The molecular formula is C18H21N3O2S. The number of aliphatic imine (C=N–C) groups is 2. The highest BCUT2D eigenvalue weighted by atomic mass is 32.2. The van der Waals surface area contributed by atoms with Gasteiger partial charge in [0.2, 0.25) is 5.91 Å². The van der Waals surface area contributed by atoms with Gasteiger partial charge in [0.1, 0.15) is 0 Å². The summed E-state index contributed by atoms with van der Waals surface area (Å²) in [4.78, 5) is 32.3. The van der Waals surface area contributed by atoms with Gasteiger partial charge in [0.05, 0.1) is 11.7 Å². The van der Waals surface area contributed by atoms with Crippen molar-refractivity contribution in [2.24, 2.45) is 15.9 Å². The van der Waals surface area contributed by atoms with Crippen molar-refractivity contribution >= 4 is 40.1 Å². The second-order valence-electron chi connectivity index (χ2n) is 5.45. The number of anilines is 1. The molecule has 0 radical (unpaired) electrons. The van der Waals surface area contributed by atoms with Crippen LogP contribution in [0, 0.1) is 5.92 Å². The molecule has 6 heteroatoms. The van der Waals surface area contributed by atoms with Crippen LogP contribution in [0.1, 0.15) is 25.8 Å². The van der Waals surface area contributed by atoms with Crippen LogP contribution in [0.5, 0.6) is 0 Å². The van der Waals surface area contributed by atoms with Gasteiger partial charge in [-0.15, -0.1) is 6.58 Å². The first-order valence-electron chi connectivity index (χ1n) is 7.83. The molecule has 1 aromatic carbocycles. The number of nitrogens with one attached hydrogen (secondary N) is 1. The first-order chi connectivity index (χ1) is 11.5. The van der Waals surface area contributed by atoms with Gasteiger partial charge in [0, 0.05) is 11.4 Å². The first kappa shape index (κ1) is 18.1. The largest absolute Gasteiger partial charge is 0.325 e. The molecule has 2 rings (SSSR count). The van der Waals surface area contributed by atoms with Gasteiger partial charge in [0.15, 0.2) is 5.17 Å². The van der Waals surface area contributed by atoms with Crippen LogP contribution in [0.15, 0.2) is 46.9 Å². The lowest BCUT2D eigenvalue weighted by molar-refractivity contribution is -0.119. The van der Waals surface area contributed by atoms with Crippen molar-refractivity contribution in [2.75, 3.05) is 11.1 Å². The zero-order valence-corrected chi connectivity index (χ0v) is 14.7. The monoisotopic (exact) mass is 343 g/mol. The Morgan fingerprint density at radius 1 is 1.33 bits per heavy atom. The van der Waals surface area contributed by atoms with Gasteiger partial charge in [-0.3, -0.25) is 9.59 Å². The Hall–Kier alpha value is -2.21. The predicted octanol–water partition coefficient (Wildman–Crippen LogP) is 3.47. The minimum atomic E-state index is -0.322. The van der Waals surface area contributed by atoms with Gasteiger partial charge in [-0.25, -0.2) is 4.99 Å². The number of benzene rings is 1. The highest BCUT2D eigenvalue weighted by Crippen LogP contribution is 2.19. The number of amidine groups is 1. The molecule has 1 N–H and O–H groups in total. The molecule has 0 saturated carbocycles. The Morgan fingerprint density at radius 3 is 2.62 bits per heavy atom. The van der Waals surface area contributed by atoms with Crippen LogP contribution >= 0.6 is 11.8 Å². The van der Waals surface area contributed by atoms with E-state index in [1.165, 1.54) is 5.56 Å². The fourth-order valence-corrected chi connectivity index (χ4v) is 2.95. The summed E-state index contributed by atoms with van der Waals surface area (Å²) >= 11 is 1.16. The van der Waals surface area contributed by atoms with E-state index in [0.717, 1.165) is 23.9 Å². The molecule has 0 fully saturated rings. The Balaban J connectivity index is 1.88. The van der Waals surface area contributed by atoms with E-state index in [4.69, 9.17) is 0 Å². The molecule has 0 spiro atoms. The Morgan fingerprint density at radius 2 is 2.04 bits per heavy atom. The minimum Gasteiger partial charge on any atom is -0.325 e. The summed E-state index contributed by atoms with van der Waals surface area (Å²) in [5.41, 5.74) is 2.69. The van der Waals surface area contributed by atoms with Crippen LogP contribution < -0.4 is 5.32 Å². The van der Waals surface area contributed by atoms with Crippen LogP contribution in [0.4, 0.5) is 5.69 Å². The third kappa shape index (κ3) is 4.89. The number of amides is 2. The van der Waals surface area contributed by atoms with Gasteiger partial charge < -0.3 is 5.32 Å². The molecule has 0 aromatic heterocycles. The molecule has 1 aliphatic rings. The van der Waals surface area contributed by atoms with Gasteiger partial charge in [-0.1, -0.05) is 36.9 Å². The van der Waals surface area contributed by atoms with E-state index in [-0.39, 0.29) is 23.5 Å². The molecule has 1 heterocycles. The summed E-state index contributed by atoms with van der Waals surface area (Å²) in [6.45, 7) is 7.52. The molecule has 1 aliphatic heterocycles. The maximum Gasteiger partial charge on any atom is 0.257 e. The Kier molecular flexibility index (Phi) is 6.49. The average molecular weight is 343 g/mol. The molecule has 0 saturated heterocycles. The van der Waals surface area contributed by atoms with Crippen molar-refractivity contribution in [3.8, 4) is 0 Å². The number of hydrogen-bond acceptors (Lipinski definition) is 4. The number of hydrogen-bond donors (Lipinski definition) is 1. The van der Waals surface area contributed by atoms with Crippen LogP contribution in [0.2, 0.25) is 0 Å². The lowest BCUT2D eigenvalue weighted by atomic mass is 9.99. The Bertz CT molecular complexity index is 693. The van der Waals surface area contributed by atoms with Gasteiger partial charge in [-0.2, -0.15) is 4.99 Å². The maximum atomic E-state index is 12.0. The summed E-state index contributed by atoms with van der Waals surface area (Å²) in [6, 6.07) is 7.73. The highest BCUT2D eigenvalue weighted by Gasteiger charge is 2.25. The lowest BCUT2D eigenvalue weighted by Gasteiger charge is -2.16. The van der Waals surface area contributed by atoms with Crippen LogP contribution in [-0.2, 0) is 16.0 Å². The van der Waals surface area contributed by atoms with E-state index < -0.39 is 0 Å². The zero-order chi connectivity index (χ0) is 17.5. The molecule has 1 unspecified atom stereocenters. The summed E-state index contributed by atoms with van der Waals surface area (Å²) < 4.78 is 0. The third-order valence-electron chi connectivity index (χ3n) is 3.66. The smallest absolute Gasteiger partial charge is 0.257 e. The van der Waals surface area contributed by atoms with E-state index in [1.54, 1.807) is 13.0 Å². The van der Waals surface area contributed by atoms with Crippen molar-refractivity contribution in [3.63, 3.8) is 0 Å². The SMILES string of the molecule is C=CCC1C(=O)N=C(SCC(=O)Nc2ccc(CC)cc2)N=C1C. The molecule has 1 aromatic rings. The van der Waals surface area contributed by atoms with Crippen molar-refractivity contribution in [1.29, 1.82) is 0 Å². The van der Waals surface area contributed by atoms with Crippen molar-refractivity contribution in [2.45, 2.75) is 26.7 Å². The normalized spacial score (nSPS) is 17.1. The van der Waals surface area contributed by atoms with Crippen molar-refractivity contribution in [1.82, 2.24) is 0 Å². The number of thioether (sulfide) groups is 1. The molecular weight excluding hydrogens is 322 g/mol. The molecule has 1 atom stereocenters. The summed E-state index contributed by atoms with van der Waals surface area (Å²) in [5, 5.41) is 3.16. The van der Waals surface area contributed by atoms with E-state index in [1.807, 2.05) is 24.3 Å². The molecule has 0 bridgehead atoms. The van der Waals surface area contributed by atoms with Gasteiger partial charge in [0.25, 0.3) is 5.91 Å². The molecule has 126 valence electrons.